The van der Waals surface area contributed by atoms with E-state index in [9.17, 15) is 4.79 Å². The van der Waals surface area contributed by atoms with Crippen molar-refractivity contribution in [1.82, 2.24) is 9.80 Å². The Balaban J connectivity index is 0.000000461. The summed E-state index contributed by atoms with van der Waals surface area (Å²) in [5, 5.41) is 0. The van der Waals surface area contributed by atoms with Gasteiger partial charge in [0, 0.05) is 19.1 Å². The maximum Gasteiger partial charge on any atom is 0.236 e. The molecule has 0 aromatic heterocycles. The third-order valence-corrected chi connectivity index (χ3v) is 3.05. The Bertz CT molecular complexity index is 208. The number of rotatable bonds is 1. The lowest BCUT2D eigenvalue weighted by atomic mass is 9.98. The zero-order valence-corrected chi connectivity index (χ0v) is 9.36. The molecular weight excluding hydrogens is 178 g/mol. The molecule has 0 spiro atoms. The molecule has 0 aromatic rings. The van der Waals surface area contributed by atoms with Crippen molar-refractivity contribution < 1.29 is 4.79 Å². The van der Waals surface area contributed by atoms with Crippen molar-refractivity contribution in [3.63, 3.8) is 0 Å². The lowest BCUT2D eigenvalue weighted by Gasteiger charge is -2.44. The fourth-order valence-corrected chi connectivity index (χ4v) is 2.29. The summed E-state index contributed by atoms with van der Waals surface area (Å²) in [6, 6.07) is 1.08. The number of carbonyl (C=O) groups excluding carboxylic acids is 1. The van der Waals surface area contributed by atoms with Gasteiger partial charge in [-0.25, -0.2) is 0 Å². The quantitative estimate of drug-likeness (QED) is 0.641. The van der Waals surface area contributed by atoms with Gasteiger partial charge in [-0.3, -0.25) is 9.69 Å². The van der Waals surface area contributed by atoms with E-state index in [1.165, 1.54) is 0 Å². The van der Waals surface area contributed by atoms with Gasteiger partial charge >= 0.3 is 0 Å². The molecule has 1 amide bonds. The third-order valence-electron chi connectivity index (χ3n) is 3.05. The molecule has 0 aromatic carbocycles. The summed E-state index contributed by atoms with van der Waals surface area (Å²) >= 11 is 0. The predicted octanol–water partition coefficient (Wildman–Crippen LogP) is -0.114. The fourth-order valence-electron chi connectivity index (χ4n) is 2.29. The highest BCUT2D eigenvalue weighted by Crippen LogP contribution is 2.30. The Morgan fingerprint density at radius 1 is 1.43 bits per heavy atom. The zero-order chi connectivity index (χ0) is 10.7. The maximum absolute atomic E-state index is 11.3. The summed E-state index contributed by atoms with van der Waals surface area (Å²) < 4.78 is 0. The first-order chi connectivity index (χ1) is 6.74. The summed E-state index contributed by atoms with van der Waals surface area (Å²) in [4.78, 5) is 15.5. The van der Waals surface area contributed by atoms with Crippen LogP contribution < -0.4 is 5.73 Å². The van der Waals surface area contributed by atoms with Crippen molar-refractivity contribution in [2.75, 3.05) is 26.7 Å². The van der Waals surface area contributed by atoms with Gasteiger partial charge in [-0.05, 0) is 13.5 Å². The molecule has 0 radical (unpaired) electrons. The van der Waals surface area contributed by atoms with Crippen LogP contribution >= 0.6 is 0 Å². The summed E-state index contributed by atoms with van der Waals surface area (Å²) in [6.07, 6.45) is 1.12. The van der Waals surface area contributed by atoms with E-state index in [1.807, 2.05) is 18.7 Å². The van der Waals surface area contributed by atoms with Gasteiger partial charge in [-0.15, -0.1) is 0 Å². The summed E-state index contributed by atoms with van der Waals surface area (Å²) in [5.74, 6) is 0.107. The molecule has 2 saturated heterocycles. The molecule has 2 fully saturated rings. The highest BCUT2D eigenvalue weighted by Gasteiger charge is 2.46. The van der Waals surface area contributed by atoms with E-state index in [4.69, 9.17) is 5.73 Å². The third kappa shape index (κ3) is 1.77. The second-order valence-electron chi connectivity index (χ2n) is 3.65. The van der Waals surface area contributed by atoms with Gasteiger partial charge < -0.3 is 10.6 Å². The molecule has 14 heavy (non-hydrogen) atoms. The van der Waals surface area contributed by atoms with Crippen LogP contribution in [0, 0.1) is 0 Å². The number of nitrogens with zero attached hydrogens (tertiary/aromatic N) is 2. The average molecular weight is 199 g/mol. The number of carbonyl (C=O) groups is 1. The highest BCUT2D eigenvalue weighted by atomic mass is 16.2. The molecule has 0 saturated carbocycles. The normalized spacial score (nSPS) is 30.1. The first-order valence-electron chi connectivity index (χ1n) is 5.44. The van der Waals surface area contributed by atoms with Crippen LogP contribution in [0.2, 0.25) is 0 Å². The van der Waals surface area contributed by atoms with Crippen LogP contribution in [0.5, 0.6) is 0 Å². The molecule has 4 nitrogen and oxygen atoms in total. The topological polar surface area (TPSA) is 49.6 Å². The van der Waals surface area contributed by atoms with Crippen LogP contribution in [-0.2, 0) is 4.79 Å². The maximum atomic E-state index is 11.3. The summed E-state index contributed by atoms with van der Waals surface area (Å²) in [5.41, 5.74) is 5.31. The smallest absolute Gasteiger partial charge is 0.236 e. The lowest BCUT2D eigenvalue weighted by Crippen LogP contribution is -2.61. The number of hydrogen-bond acceptors (Lipinski definition) is 3. The first kappa shape index (κ1) is 11.5. The monoisotopic (exact) mass is 199 g/mol. The minimum absolute atomic E-state index is 0.107. The van der Waals surface area contributed by atoms with E-state index >= 15 is 0 Å². The van der Waals surface area contributed by atoms with Crippen molar-refractivity contribution in [2.24, 2.45) is 5.73 Å². The molecule has 0 aliphatic carbocycles. The van der Waals surface area contributed by atoms with E-state index in [0.717, 1.165) is 19.5 Å². The molecule has 2 atom stereocenters. The zero-order valence-electron chi connectivity index (χ0n) is 9.36. The van der Waals surface area contributed by atoms with Crippen molar-refractivity contribution in [1.29, 1.82) is 0 Å². The van der Waals surface area contributed by atoms with Crippen LogP contribution in [0.4, 0.5) is 0 Å². The number of amides is 1. The van der Waals surface area contributed by atoms with E-state index in [-0.39, 0.29) is 12.5 Å². The van der Waals surface area contributed by atoms with Crippen molar-refractivity contribution >= 4 is 5.91 Å². The van der Waals surface area contributed by atoms with E-state index in [0.29, 0.717) is 12.1 Å². The van der Waals surface area contributed by atoms with Crippen molar-refractivity contribution in [2.45, 2.75) is 32.4 Å². The van der Waals surface area contributed by atoms with Crippen LogP contribution in [0.3, 0.4) is 0 Å². The number of nitrogens with two attached hydrogens (primary N) is 1. The van der Waals surface area contributed by atoms with Gasteiger partial charge in [0.1, 0.15) is 0 Å². The van der Waals surface area contributed by atoms with E-state index in [1.54, 1.807) is 0 Å². The summed E-state index contributed by atoms with van der Waals surface area (Å²) in [7, 11) is 2.11. The van der Waals surface area contributed by atoms with Gasteiger partial charge in [0.25, 0.3) is 0 Å². The molecule has 4 heteroatoms. The van der Waals surface area contributed by atoms with Gasteiger partial charge in [0.05, 0.1) is 12.6 Å². The Kier molecular flexibility index (Phi) is 3.89. The van der Waals surface area contributed by atoms with Crippen LogP contribution in [0.1, 0.15) is 20.3 Å². The van der Waals surface area contributed by atoms with Gasteiger partial charge in [-0.1, -0.05) is 13.8 Å². The fraction of sp³-hybridized carbons (Fsp3) is 0.900. The van der Waals surface area contributed by atoms with Gasteiger partial charge in [0.15, 0.2) is 0 Å². The number of likely N-dealkylation sites (N-methyl/N-ethyl adjacent to an activating group) is 1. The number of fused-ring (bicyclic) bond motifs is 1. The second kappa shape index (κ2) is 4.75. The molecular formula is C10H21N3O. The molecule has 2 N–H and O–H groups in total. The van der Waals surface area contributed by atoms with Gasteiger partial charge in [-0.2, -0.15) is 0 Å². The number of likely N-dealkylation sites (tertiary alicyclic amines) is 2. The molecule has 2 aliphatic rings. The molecule has 0 bridgehead atoms. The van der Waals surface area contributed by atoms with Crippen LogP contribution in [-0.4, -0.2) is 54.5 Å². The van der Waals surface area contributed by atoms with E-state index < -0.39 is 0 Å². The Morgan fingerprint density at radius 2 is 2.07 bits per heavy atom. The first-order valence-corrected chi connectivity index (χ1v) is 5.44. The lowest BCUT2D eigenvalue weighted by molar-refractivity contribution is -0.133. The average Bonchev–Trinajstić information content (AvgIpc) is 2.57. The second-order valence-corrected chi connectivity index (χ2v) is 3.65. The van der Waals surface area contributed by atoms with Crippen molar-refractivity contribution in [3.05, 3.63) is 0 Å². The minimum Gasteiger partial charge on any atom is -0.336 e. The molecule has 2 rings (SSSR count). The molecule has 2 aliphatic heterocycles. The van der Waals surface area contributed by atoms with Crippen molar-refractivity contribution in [3.8, 4) is 0 Å². The van der Waals surface area contributed by atoms with E-state index in [2.05, 4.69) is 11.9 Å². The minimum atomic E-state index is 0.107. The highest BCUT2D eigenvalue weighted by molar-refractivity contribution is 5.79. The summed E-state index contributed by atoms with van der Waals surface area (Å²) in [6.45, 7) is 6.08. The predicted molar refractivity (Wildman–Crippen MR) is 56.9 cm³/mol. The standard InChI is InChI=1S/C8H15N3O.C2H6/c1-10-5-7-6(10)2-3-11(7)8(12)4-9;1-2/h6-7H,2-5,9H2,1H3;1-2H3/t6-,7-;/m1./s1. The molecule has 0 unspecified atom stereocenters. The SMILES string of the molecule is CC.CN1C[C@@H]2[C@H]1CCN2C(=O)CN. The number of hydrogen-bond donors (Lipinski definition) is 1. The Labute approximate surface area is 86.0 Å². The van der Waals surface area contributed by atoms with Gasteiger partial charge in [0.2, 0.25) is 5.91 Å². The molecule has 82 valence electrons. The van der Waals surface area contributed by atoms with Crippen LogP contribution in [0.15, 0.2) is 0 Å². The Hall–Kier alpha value is -0.610. The van der Waals surface area contributed by atoms with Crippen LogP contribution in [0.25, 0.3) is 0 Å². The Morgan fingerprint density at radius 3 is 2.50 bits per heavy atom. The largest absolute Gasteiger partial charge is 0.336 e. The molecule has 2 heterocycles.